The molecule has 4 aromatic carbocycles. The Balaban J connectivity index is 0.000000586. The van der Waals surface area contributed by atoms with Gasteiger partial charge in [-0.2, -0.15) is 4.57 Å². The van der Waals surface area contributed by atoms with E-state index in [1.165, 1.54) is 22.3 Å². The van der Waals surface area contributed by atoms with Gasteiger partial charge in [-0.3, -0.25) is 0 Å². The molecule has 0 saturated carbocycles. The highest BCUT2D eigenvalue weighted by atomic mass is 19.5. The second-order valence-electron chi connectivity index (χ2n) is 8.14. The number of nitrogens with zero attached hydrogens (tertiary/aromatic N) is 1. The van der Waals surface area contributed by atoms with Crippen LogP contribution in [-0.4, -0.2) is 14.4 Å². The van der Waals surface area contributed by atoms with Gasteiger partial charge in [-0.15, -0.1) is 0 Å². The molecule has 0 saturated heterocycles. The predicted molar refractivity (Wildman–Crippen MR) is 141 cm³/mol. The van der Waals surface area contributed by atoms with E-state index in [9.17, 15) is 17.3 Å². The van der Waals surface area contributed by atoms with Crippen molar-refractivity contribution in [2.24, 2.45) is 0 Å². The van der Waals surface area contributed by atoms with E-state index in [2.05, 4.69) is 120 Å². The summed E-state index contributed by atoms with van der Waals surface area (Å²) in [5.74, 6) is 0.845. The summed E-state index contributed by atoms with van der Waals surface area (Å²) in [5.41, 5.74) is 8.07. The third kappa shape index (κ3) is 6.85. The minimum atomic E-state index is -6.00. The van der Waals surface area contributed by atoms with E-state index in [0.29, 0.717) is 0 Å². The van der Waals surface area contributed by atoms with Gasteiger partial charge in [0.05, 0.1) is 7.11 Å². The SMILES string of the molecule is COc1ccc(-[n+]2c(-c3ccccc3)cc(-c3ccccc3)cc2-c2ccccc2)cc1.F[B-](F)(F)F. The fourth-order valence-corrected chi connectivity index (χ4v) is 4.04. The number of benzene rings is 4. The van der Waals surface area contributed by atoms with E-state index in [0.717, 1.165) is 22.8 Å². The van der Waals surface area contributed by atoms with Gasteiger partial charge in [0.1, 0.15) is 5.75 Å². The van der Waals surface area contributed by atoms with Crippen molar-refractivity contribution in [2.75, 3.05) is 7.11 Å². The summed E-state index contributed by atoms with van der Waals surface area (Å²) < 4.78 is 46.7. The Hall–Kier alpha value is -4.39. The molecule has 1 heterocycles. The molecule has 0 aliphatic rings. The molecule has 186 valence electrons. The molecule has 2 nitrogen and oxygen atoms in total. The lowest BCUT2D eigenvalue weighted by Crippen LogP contribution is -2.36. The third-order valence-electron chi connectivity index (χ3n) is 5.64. The van der Waals surface area contributed by atoms with E-state index < -0.39 is 7.25 Å². The molecule has 5 rings (SSSR count). The van der Waals surface area contributed by atoms with Crippen molar-refractivity contribution in [1.82, 2.24) is 0 Å². The summed E-state index contributed by atoms with van der Waals surface area (Å²) in [6.45, 7) is 0. The van der Waals surface area contributed by atoms with Crippen LogP contribution in [0.5, 0.6) is 5.75 Å². The van der Waals surface area contributed by atoms with Gasteiger partial charge in [-0.25, -0.2) is 0 Å². The van der Waals surface area contributed by atoms with Gasteiger partial charge in [0.2, 0.25) is 17.1 Å². The molecular weight excluding hydrogens is 477 g/mol. The lowest BCUT2D eigenvalue weighted by atomic mass is 9.98. The number of methoxy groups -OCH3 is 1. The zero-order valence-corrected chi connectivity index (χ0v) is 20.1. The van der Waals surface area contributed by atoms with Crippen molar-refractivity contribution in [3.8, 4) is 45.1 Å². The average Bonchev–Trinajstić information content (AvgIpc) is 2.93. The van der Waals surface area contributed by atoms with E-state index >= 15 is 0 Å². The van der Waals surface area contributed by atoms with Crippen LogP contribution in [0.4, 0.5) is 17.3 Å². The first-order valence-corrected chi connectivity index (χ1v) is 11.6. The van der Waals surface area contributed by atoms with Gasteiger partial charge >= 0.3 is 7.25 Å². The van der Waals surface area contributed by atoms with Gasteiger partial charge in [-0.1, -0.05) is 66.7 Å². The maximum absolute atomic E-state index is 9.75. The molecule has 0 fully saturated rings. The molecule has 7 heteroatoms. The summed E-state index contributed by atoms with van der Waals surface area (Å²) in [6.07, 6.45) is 0. The van der Waals surface area contributed by atoms with Gasteiger partial charge in [-0.05, 0) is 47.5 Å². The largest absolute Gasteiger partial charge is 0.673 e. The minimum Gasteiger partial charge on any atom is -0.497 e. The summed E-state index contributed by atoms with van der Waals surface area (Å²) in [5, 5.41) is 0. The second kappa shape index (κ2) is 11.6. The van der Waals surface area contributed by atoms with Crippen molar-refractivity contribution in [1.29, 1.82) is 0 Å². The molecular formula is C30H24BF4NO. The zero-order valence-electron chi connectivity index (χ0n) is 20.1. The minimum absolute atomic E-state index is 0.845. The Labute approximate surface area is 213 Å². The van der Waals surface area contributed by atoms with Crippen LogP contribution in [0.25, 0.3) is 39.3 Å². The Morgan fingerprint density at radius 1 is 0.514 bits per heavy atom. The number of halogens is 4. The quantitative estimate of drug-likeness (QED) is 0.134. The summed E-state index contributed by atoms with van der Waals surface area (Å²) in [7, 11) is -4.30. The molecule has 0 unspecified atom stereocenters. The first kappa shape index (κ1) is 25.7. The molecule has 0 spiro atoms. The molecule has 1 aromatic heterocycles. The topological polar surface area (TPSA) is 13.1 Å². The normalized spacial score (nSPS) is 10.8. The Bertz CT molecular complexity index is 1360. The average molecular weight is 501 g/mol. The summed E-state index contributed by atoms with van der Waals surface area (Å²) in [4.78, 5) is 0. The number of ether oxygens (including phenoxy) is 1. The highest BCUT2D eigenvalue weighted by Crippen LogP contribution is 2.30. The van der Waals surface area contributed by atoms with Crippen LogP contribution in [0.3, 0.4) is 0 Å². The number of hydrogen-bond acceptors (Lipinski definition) is 1. The van der Waals surface area contributed by atoms with E-state index in [1.807, 2.05) is 12.1 Å². The van der Waals surface area contributed by atoms with Gasteiger partial charge in [0, 0.05) is 35.4 Å². The first-order valence-electron chi connectivity index (χ1n) is 11.6. The monoisotopic (exact) mass is 501 g/mol. The van der Waals surface area contributed by atoms with Crippen LogP contribution in [-0.2, 0) is 0 Å². The Kier molecular flexibility index (Phi) is 8.03. The molecule has 0 radical (unpaired) electrons. The first-order chi connectivity index (χ1) is 17.8. The summed E-state index contributed by atoms with van der Waals surface area (Å²) >= 11 is 0. The van der Waals surface area contributed by atoms with E-state index in [-0.39, 0.29) is 0 Å². The maximum Gasteiger partial charge on any atom is 0.673 e. The van der Waals surface area contributed by atoms with E-state index in [4.69, 9.17) is 4.74 Å². The lowest BCUT2D eigenvalue weighted by Gasteiger charge is -2.13. The number of aromatic nitrogens is 1. The molecule has 0 N–H and O–H groups in total. The number of hydrogen-bond donors (Lipinski definition) is 0. The standard InChI is InChI=1S/C30H24NO.BF4/c1-32-28-19-17-27(18-20-28)31-29(24-13-7-3-8-14-24)21-26(23-11-5-2-6-12-23)22-30(31)25-15-9-4-10-16-25;2-1(3,4)5/h2-22H,1H3;/q+1;-1. The maximum atomic E-state index is 9.75. The molecule has 0 bridgehead atoms. The molecule has 37 heavy (non-hydrogen) atoms. The van der Waals surface area contributed by atoms with Crippen LogP contribution in [0.15, 0.2) is 127 Å². The zero-order chi connectivity index (χ0) is 26.3. The van der Waals surface area contributed by atoms with Crippen LogP contribution in [0.1, 0.15) is 0 Å². The van der Waals surface area contributed by atoms with Crippen LogP contribution < -0.4 is 9.30 Å². The van der Waals surface area contributed by atoms with Crippen LogP contribution >= 0.6 is 0 Å². The third-order valence-corrected chi connectivity index (χ3v) is 5.64. The molecule has 0 amide bonds. The lowest BCUT2D eigenvalue weighted by molar-refractivity contribution is -0.572. The predicted octanol–water partition coefficient (Wildman–Crippen LogP) is 8.27. The second-order valence-corrected chi connectivity index (χ2v) is 8.14. The van der Waals surface area contributed by atoms with Crippen molar-refractivity contribution in [2.45, 2.75) is 0 Å². The van der Waals surface area contributed by atoms with Crippen molar-refractivity contribution in [3.63, 3.8) is 0 Å². The fourth-order valence-electron chi connectivity index (χ4n) is 4.04. The van der Waals surface area contributed by atoms with Crippen molar-refractivity contribution < 1.29 is 26.6 Å². The van der Waals surface area contributed by atoms with Gasteiger partial charge < -0.3 is 22.0 Å². The Morgan fingerprint density at radius 3 is 1.27 bits per heavy atom. The molecule has 0 aliphatic carbocycles. The van der Waals surface area contributed by atoms with Crippen molar-refractivity contribution >= 4 is 7.25 Å². The summed E-state index contributed by atoms with van der Waals surface area (Å²) in [6, 6.07) is 44.5. The molecule has 0 aliphatic heterocycles. The molecule has 0 atom stereocenters. The smallest absolute Gasteiger partial charge is 0.497 e. The highest BCUT2D eigenvalue weighted by molar-refractivity contribution is 6.50. The fraction of sp³-hybridized carbons (Fsp3) is 0.0333. The molecule has 5 aromatic rings. The van der Waals surface area contributed by atoms with Gasteiger partial charge in [0.25, 0.3) is 0 Å². The van der Waals surface area contributed by atoms with Crippen LogP contribution in [0.2, 0.25) is 0 Å². The van der Waals surface area contributed by atoms with Crippen molar-refractivity contribution in [3.05, 3.63) is 127 Å². The number of rotatable bonds is 5. The van der Waals surface area contributed by atoms with Crippen LogP contribution in [0, 0.1) is 0 Å². The van der Waals surface area contributed by atoms with E-state index in [1.54, 1.807) is 7.11 Å². The Morgan fingerprint density at radius 2 is 0.892 bits per heavy atom. The number of pyridine rings is 1. The highest BCUT2D eigenvalue weighted by Gasteiger charge is 2.25. The van der Waals surface area contributed by atoms with Gasteiger partial charge in [0.15, 0.2) is 0 Å².